The van der Waals surface area contributed by atoms with Gasteiger partial charge in [-0.3, -0.25) is 14.5 Å². The van der Waals surface area contributed by atoms with Crippen molar-refractivity contribution < 1.29 is 31.2 Å². The topological polar surface area (TPSA) is 83.6 Å². The summed E-state index contributed by atoms with van der Waals surface area (Å²) >= 11 is 11.7. The van der Waals surface area contributed by atoms with Gasteiger partial charge in [0, 0.05) is 27.9 Å². The first-order valence-corrected chi connectivity index (χ1v) is 12.6. The molecule has 0 aromatic heterocycles. The zero-order valence-corrected chi connectivity index (χ0v) is 20.7. The summed E-state index contributed by atoms with van der Waals surface area (Å²) < 4.78 is 72.4. The summed E-state index contributed by atoms with van der Waals surface area (Å²) in [5, 5.41) is 0.440. The van der Waals surface area contributed by atoms with Gasteiger partial charge < -0.3 is 0 Å². The SMILES string of the molecule is CC1(C)CC(=O)C2=C(C1)N(c1ccc(Cl)cc1)C(=O)C2(NS(=O)(=O)c1ccc(Cl)cc1)C(F)(F)F. The molecule has 0 saturated heterocycles. The molecule has 1 aliphatic heterocycles. The number of ketones is 1. The van der Waals surface area contributed by atoms with Gasteiger partial charge in [0.1, 0.15) is 0 Å². The molecule has 6 nitrogen and oxygen atoms in total. The summed E-state index contributed by atoms with van der Waals surface area (Å²) in [4.78, 5) is 27.1. The van der Waals surface area contributed by atoms with Crippen molar-refractivity contribution in [1.29, 1.82) is 0 Å². The van der Waals surface area contributed by atoms with Gasteiger partial charge in [-0.05, 0) is 60.4 Å². The number of anilines is 1. The maximum absolute atomic E-state index is 14.9. The summed E-state index contributed by atoms with van der Waals surface area (Å²) in [5.74, 6) is -2.60. The van der Waals surface area contributed by atoms with E-state index in [0.29, 0.717) is 0 Å². The number of nitrogens with one attached hydrogen (secondary N) is 1. The van der Waals surface area contributed by atoms with E-state index in [9.17, 15) is 31.2 Å². The number of halogens is 5. The standard InChI is InChI=1S/C23H19Cl2F3N2O4S/c1-21(2)11-17-19(18(31)12-21)22(23(26,27)28,20(32)30(17)15-7-3-13(24)4-8-15)29-35(33,34)16-9-5-14(25)6-10-16/h3-10,29H,11-12H2,1-2H3. The van der Waals surface area contributed by atoms with Crippen LogP contribution in [0.15, 0.2) is 64.7 Å². The predicted molar refractivity (Wildman–Crippen MR) is 125 cm³/mol. The van der Waals surface area contributed by atoms with Crippen molar-refractivity contribution in [2.24, 2.45) is 5.41 Å². The number of alkyl halides is 3. The highest BCUT2D eigenvalue weighted by molar-refractivity contribution is 7.89. The first kappa shape index (κ1) is 25.7. The molecule has 4 rings (SSSR count). The zero-order chi connectivity index (χ0) is 26.0. The van der Waals surface area contributed by atoms with Crippen LogP contribution in [0.4, 0.5) is 18.9 Å². The molecule has 0 saturated carbocycles. The van der Waals surface area contributed by atoms with Crippen LogP contribution in [0.5, 0.6) is 0 Å². The zero-order valence-electron chi connectivity index (χ0n) is 18.4. The van der Waals surface area contributed by atoms with Crippen molar-refractivity contribution in [3.05, 3.63) is 69.8 Å². The third-order valence-electron chi connectivity index (χ3n) is 5.94. The third kappa shape index (κ3) is 4.26. The molecule has 35 heavy (non-hydrogen) atoms. The van der Waals surface area contributed by atoms with Gasteiger partial charge in [-0.25, -0.2) is 8.42 Å². The van der Waals surface area contributed by atoms with Gasteiger partial charge in [0.15, 0.2) is 5.78 Å². The highest BCUT2D eigenvalue weighted by Crippen LogP contribution is 2.53. The average Bonchev–Trinajstić information content (AvgIpc) is 2.96. The quantitative estimate of drug-likeness (QED) is 0.566. The molecule has 2 aromatic carbocycles. The Morgan fingerprint density at radius 1 is 0.914 bits per heavy atom. The Morgan fingerprint density at radius 3 is 1.94 bits per heavy atom. The van der Waals surface area contributed by atoms with E-state index in [2.05, 4.69) is 0 Å². The Morgan fingerprint density at radius 2 is 1.43 bits per heavy atom. The molecule has 1 unspecified atom stereocenters. The minimum absolute atomic E-state index is 0.0224. The van der Waals surface area contributed by atoms with Gasteiger partial charge in [0.2, 0.25) is 15.6 Å². The van der Waals surface area contributed by atoms with Crippen LogP contribution in [0.3, 0.4) is 0 Å². The lowest BCUT2D eigenvalue weighted by Crippen LogP contribution is -2.66. The molecular formula is C23H19Cl2F3N2O4S. The Hall–Kier alpha value is -2.40. The van der Waals surface area contributed by atoms with E-state index in [-0.39, 0.29) is 34.3 Å². The largest absolute Gasteiger partial charge is 0.421 e. The number of allylic oxidation sites excluding steroid dienone is 1. The van der Waals surface area contributed by atoms with Crippen LogP contribution < -0.4 is 9.62 Å². The molecule has 1 atom stereocenters. The fourth-order valence-electron chi connectivity index (χ4n) is 4.45. The van der Waals surface area contributed by atoms with Gasteiger partial charge >= 0.3 is 6.18 Å². The monoisotopic (exact) mass is 546 g/mol. The maximum atomic E-state index is 14.9. The third-order valence-corrected chi connectivity index (χ3v) is 7.91. The van der Waals surface area contributed by atoms with E-state index in [4.69, 9.17) is 23.2 Å². The summed E-state index contributed by atoms with van der Waals surface area (Å²) in [7, 11) is -4.93. The van der Waals surface area contributed by atoms with Crippen molar-refractivity contribution in [3.63, 3.8) is 0 Å². The van der Waals surface area contributed by atoms with Crippen LogP contribution in [-0.2, 0) is 19.6 Å². The van der Waals surface area contributed by atoms with Crippen LogP contribution in [0.2, 0.25) is 10.0 Å². The number of rotatable bonds is 4. The second kappa shape index (κ2) is 8.33. The first-order valence-electron chi connectivity index (χ1n) is 10.3. The lowest BCUT2D eigenvalue weighted by molar-refractivity contribution is -0.184. The fourth-order valence-corrected chi connectivity index (χ4v) is 6.03. The normalized spacial score (nSPS) is 22.5. The van der Waals surface area contributed by atoms with E-state index in [0.717, 1.165) is 17.0 Å². The highest BCUT2D eigenvalue weighted by atomic mass is 35.5. The number of hydrogen-bond acceptors (Lipinski definition) is 4. The van der Waals surface area contributed by atoms with E-state index in [1.165, 1.54) is 36.4 Å². The minimum Gasteiger partial charge on any atom is -0.294 e. The van der Waals surface area contributed by atoms with Gasteiger partial charge in [0.25, 0.3) is 5.91 Å². The molecule has 0 spiro atoms. The van der Waals surface area contributed by atoms with E-state index >= 15 is 0 Å². The molecule has 0 radical (unpaired) electrons. The Bertz CT molecular complexity index is 1350. The molecule has 1 aliphatic carbocycles. The van der Waals surface area contributed by atoms with Crippen molar-refractivity contribution in [3.8, 4) is 0 Å². The molecule has 0 fully saturated rings. The average molecular weight is 547 g/mol. The van der Waals surface area contributed by atoms with E-state index in [1.807, 2.05) is 0 Å². The van der Waals surface area contributed by atoms with Gasteiger partial charge in [-0.15, -0.1) is 0 Å². The van der Waals surface area contributed by atoms with Gasteiger partial charge in [-0.1, -0.05) is 37.0 Å². The van der Waals surface area contributed by atoms with Crippen LogP contribution >= 0.6 is 23.2 Å². The van der Waals surface area contributed by atoms with Crippen molar-refractivity contribution in [1.82, 2.24) is 4.72 Å². The number of amides is 1. The van der Waals surface area contributed by atoms with Crippen molar-refractivity contribution in [2.45, 2.75) is 43.3 Å². The molecule has 1 N–H and O–H groups in total. The summed E-state index contributed by atoms with van der Waals surface area (Å²) in [6, 6.07) is 9.81. The number of carbonyl (C=O) groups excluding carboxylic acids is 2. The molecule has 1 heterocycles. The second-order valence-corrected chi connectivity index (χ2v) is 11.7. The molecule has 2 aromatic rings. The Kier molecular flexibility index (Phi) is 6.11. The molecule has 1 amide bonds. The number of hydrogen-bond donors (Lipinski definition) is 1. The predicted octanol–water partition coefficient (Wildman–Crippen LogP) is 5.26. The fraction of sp³-hybridized carbons (Fsp3) is 0.304. The van der Waals surface area contributed by atoms with Gasteiger partial charge in [0.05, 0.1) is 10.5 Å². The second-order valence-electron chi connectivity index (χ2n) is 9.19. The molecule has 186 valence electrons. The van der Waals surface area contributed by atoms with E-state index in [1.54, 1.807) is 18.6 Å². The molecule has 2 aliphatic rings. The van der Waals surface area contributed by atoms with Gasteiger partial charge in [-0.2, -0.15) is 17.9 Å². The minimum atomic E-state index is -5.48. The molecular weight excluding hydrogens is 528 g/mol. The van der Waals surface area contributed by atoms with Crippen molar-refractivity contribution >= 4 is 50.6 Å². The summed E-state index contributed by atoms with van der Waals surface area (Å²) in [6.07, 6.45) is -5.85. The number of sulfonamides is 1. The first-order chi connectivity index (χ1) is 16.1. The smallest absolute Gasteiger partial charge is 0.294 e. The van der Waals surface area contributed by atoms with Crippen LogP contribution in [0.25, 0.3) is 0 Å². The van der Waals surface area contributed by atoms with Crippen LogP contribution in [0, 0.1) is 5.41 Å². The summed E-state index contributed by atoms with van der Waals surface area (Å²) in [5.41, 5.74) is -5.67. The molecule has 0 bridgehead atoms. The van der Waals surface area contributed by atoms with E-state index < -0.39 is 49.3 Å². The summed E-state index contributed by atoms with van der Waals surface area (Å²) in [6.45, 7) is 3.37. The number of Topliss-reactive ketones (excluding diaryl/α,β-unsaturated/α-hetero) is 1. The highest BCUT2D eigenvalue weighted by Gasteiger charge is 2.72. The number of carbonyl (C=O) groups is 2. The Labute approximate surface area is 209 Å². The number of nitrogens with zero attached hydrogens (tertiary/aromatic N) is 1. The number of benzene rings is 2. The van der Waals surface area contributed by atoms with Crippen LogP contribution in [0.1, 0.15) is 26.7 Å². The van der Waals surface area contributed by atoms with Crippen molar-refractivity contribution in [2.75, 3.05) is 4.90 Å². The molecule has 12 heteroatoms. The Balaban J connectivity index is 1.98. The lowest BCUT2D eigenvalue weighted by Gasteiger charge is -2.35. The van der Waals surface area contributed by atoms with Crippen LogP contribution in [-0.4, -0.2) is 31.8 Å². The maximum Gasteiger partial charge on any atom is 0.421 e. The lowest BCUT2D eigenvalue weighted by atomic mass is 9.72.